The molecule has 6 nitrogen and oxygen atoms in total. The third kappa shape index (κ3) is 2.46. The van der Waals surface area contributed by atoms with Gasteiger partial charge in [-0.1, -0.05) is 0 Å². The van der Waals surface area contributed by atoms with Gasteiger partial charge >= 0.3 is 5.97 Å². The fraction of sp³-hybridized carbons (Fsp3) is 0.462. The Morgan fingerprint density at radius 3 is 2.95 bits per heavy atom. The van der Waals surface area contributed by atoms with Gasteiger partial charge in [0.05, 0.1) is 5.39 Å². The number of aromatic nitrogens is 2. The molecule has 0 unspecified atom stereocenters. The number of nitrogens with one attached hydrogen (secondary N) is 1. The van der Waals surface area contributed by atoms with Gasteiger partial charge in [-0.25, -0.2) is 9.78 Å². The van der Waals surface area contributed by atoms with E-state index in [1.807, 2.05) is 6.92 Å². The van der Waals surface area contributed by atoms with Crippen molar-refractivity contribution in [2.24, 2.45) is 0 Å². The number of carbonyl (C=O) groups is 1. The Labute approximate surface area is 118 Å². The minimum Gasteiger partial charge on any atom is -0.480 e. The average molecular weight is 294 g/mol. The number of aromatic amines is 1. The molecule has 20 heavy (non-hydrogen) atoms. The molecule has 1 aliphatic carbocycles. The molecule has 2 heterocycles. The van der Waals surface area contributed by atoms with Crippen molar-refractivity contribution >= 4 is 27.5 Å². The van der Waals surface area contributed by atoms with Crippen LogP contribution in [0.1, 0.15) is 35.0 Å². The molecular weight excluding hydrogens is 280 g/mol. The Balaban J connectivity index is 1.94. The first kappa shape index (κ1) is 13.3. The monoisotopic (exact) mass is 294 g/mol. The molecular formula is C13H14N2O4S. The van der Waals surface area contributed by atoms with Crippen LogP contribution in [0.15, 0.2) is 4.79 Å². The number of aryl methyl sites for hydroxylation is 1. The Hall–Kier alpha value is -1.73. The van der Waals surface area contributed by atoms with Crippen LogP contribution in [0.4, 0.5) is 0 Å². The minimum atomic E-state index is -1.04. The van der Waals surface area contributed by atoms with Gasteiger partial charge in [-0.2, -0.15) is 0 Å². The summed E-state index contributed by atoms with van der Waals surface area (Å²) in [6.45, 7) is 1.60. The number of fused-ring (bicyclic) bond motifs is 1. The van der Waals surface area contributed by atoms with E-state index in [2.05, 4.69) is 9.97 Å². The van der Waals surface area contributed by atoms with Crippen LogP contribution in [0.5, 0.6) is 0 Å². The predicted molar refractivity (Wildman–Crippen MR) is 74.2 cm³/mol. The van der Waals surface area contributed by atoms with Gasteiger partial charge < -0.3 is 14.8 Å². The van der Waals surface area contributed by atoms with Gasteiger partial charge in [0.2, 0.25) is 0 Å². The molecule has 2 N–H and O–H groups in total. The van der Waals surface area contributed by atoms with E-state index in [0.717, 1.165) is 23.3 Å². The normalized spacial score (nSPS) is 14.8. The number of carboxylic acid groups (broad SMARTS) is 1. The quantitative estimate of drug-likeness (QED) is 0.876. The number of hydrogen-bond acceptors (Lipinski definition) is 5. The van der Waals surface area contributed by atoms with Crippen molar-refractivity contribution in [2.75, 3.05) is 6.61 Å². The summed E-state index contributed by atoms with van der Waals surface area (Å²) < 4.78 is 4.95. The Bertz CT molecular complexity index is 730. The summed E-state index contributed by atoms with van der Waals surface area (Å²) in [5.74, 6) is -0.176. The zero-order chi connectivity index (χ0) is 14.3. The maximum absolute atomic E-state index is 12.2. The van der Waals surface area contributed by atoms with Crippen molar-refractivity contribution in [1.29, 1.82) is 0 Å². The third-order valence-corrected chi connectivity index (χ3v) is 4.30. The van der Waals surface area contributed by atoms with Gasteiger partial charge in [-0.3, -0.25) is 4.79 Å². The molecule has 106 valence electrons. The van der Waals surface area contributed by atoms with Crippen LogP contribution in [0.25, 0.3) is 10.2 Å². The summed E-state index contributed by atoms with van der Waals surface area (Å²) >= 11 is 1.51. The standard InChI is InChI=1S/C13H14N2O4S/c1-6-10(7-2-3-7)11-12(18)14-8(15-13(11)20-6)4-19-5-9(16)17/h7H,2-5H2,1H3,(H,16,17)(H,14,15,18). The number of rotatable bonds is 5. The number of hydrogen-bond donors (Lipinski definition) is 2. The molecule has 3 rings (SSSR count). The van der Waals surface area contributed by atoms with Crippen molar-refractivity contribution in [3.63, 3.8) is 0 Å². The predicted octanol–water partition coefficient (Wildman–Crippen LogP) is 1.77. The molecule has 0 radical (unpaired) electrons. The second-order valence-corrected chi connectivity index (χ2v) is 6.13. The molecule has 1 fully saturated rings. The van der Waals surface area contributed by atoms with Crippen LogP contribution in [0.2, 0.25) is 0 Å². The number of H-pyrrole nitrogens is 1. The van der Waals surface area contributed by atoms with Gasteiger partial charge in [0, 0.05) is 4.88 Å². The summed E-state index contributed by atoms with van der Waals surface area (Å²) in [4.78, 5) is 31.5. The van der Waals surface area contributed by atoms with Crippen LogP contribution in [0, 0.1) is 6.92 Å². The largest absolute Gasteiger partial charge is 0.480 e. The molecule has 0 amide bonds. The van der Waals surface area contributed by atoms with E-state index in [9.17, 15) is 9.59 Å². The van der Waals surface area contributed by atoms with Crippen LogP contribution >= 0.6 is 11.3 Å². The molecule has 0 aliphatic heterocycles. The lowest BCUT2D eigenvalue weighted by molar-refractivity contribution is -0.142. The van der Waals surface area contributed by atoms with Crippen LogP contribution in [-0.2, 0) is 16.1 Å². The van der Waals surface area contributed by atoms with E-state index in [1.54, 1.807) is 0 Å². The summed E-state index contributed by atoms with van der Waals surface area (Å²) in [5.41, 5.74) is 0.979. The van der Waals surface area contributed by atoms with Crippen molar-refractivity contribution in [3.05, 3.63) is 26.6 Å². The third-order valence-electron chi connectivity index (χ3n) is 3.28. The fourth-order valence-corrected chi connectivity index (χ4v) is 3.48. The smallest absolute Gasteiger partial charge is 0.329 e. The second kappa shape index (κ2) is 4.99. The second-order valence-electron chi connectivity index (χ2n) is 4.93. The number of nitrogens with zero attached hydrogens (tertiary/aromatic N) is 1. The Morgan fingerprint density at radius 1 is 1.55 bits per heavy atom. The fourth-order valence-electron chi connectivity index (χ4n) is 2.35. The van der Waals surface area contributed by atoms with Crippen molar-refractivity contribution in [1.82, 2.24) is 9.97 Å². The molecule has 0 saturated heterocycles. The van der Waals surface area contributed by atoms with E-state index in [4.69, 9.17) is 9.84 Å². The molecule has 0 spiro atoms. The maximum Gasteiger partial charge on any atom is 0.329 e. The van der Waals surface area contributed by atoms with Gasteiger partial charge in [-0.15, -0.1) is 11.3 Å². The Morgan fingerprint density at radius 2 is 2.30 bits per heavy atom. The summed E-state index contributed by atoms with van der Waals surface area (Å²) in [6, 6.07) is 0. The molecule has 1 aliphatic rings. The lowest BCUT2D eigenvalue weighted by atomic mass is 10.1. The minimum absolute atomic E-state index is 0.00676. The summed E-state index contributed by atoms with van der Waals surface area (Å²) in [6.07, 6.45) is 2.27. The first-order valence-electron chi connectivity index (χ1n) is 6.38. The molecule has 2 aromatic rings. The van der Waals surface area contributed by atoms with Crippen LogP contribution < -0.4 is 5.56 Å². The maximum atomic E-state index is 12.2. The first-order valence-corrected chi connectivity index (χ1v) is 7.19. The lowest BCUT2D eigenvalue weighted by Gasteiger charge is -2.02. The Kier molecular flexibility index (Phi) is 3.31. The summed E-state index contributed by atoms with van der Waals surface area (Å²) in [7, 11) is 0. The van der Waals surface area contributed by atoms with Crippen molar-refractivity contribution < 1.29 is 14.6 Å². The SMILES string of the molecule is Cc1sc2nc(COCC(=O)O)[nH]c(=O)c2c1C1CC1. The molecule has 0 bridgehead atoms. The van der Waals surface area contributed by atoms with Crippen molar-refractivity contribution in [3.8, 4) is 0 Å². The van der Waals surface area contributed by atoms with Gasteiger partial charge in [0.15, 0.2) is 0 Å². The number of aliphatic carboxylic acids is 1. The highest BCUT2D eigenvalue weighted by molar-refractivity contribution is 7.18. The molecule has 7 heteroatoms. The van der Waals surface area contributed by atoms with E-state index in [0.29, 0.717) is 22.0 Å². The molecule has 0 aromatic carbocycles. The zero-order valence-electron chi connectivity index (χ0n) is 10.9. The van der Waals surface area contributed by atoms with Crippen LogP contribution in [0.3, 0.4) is 0 Å². The lowest BCUT2D eigenvalue weighted by Crippen LogP contribution is -2.14. The average Bonchev–Trinajstić information content (AvgIpc) is 3.12. The van der Waals surface area contributed by atoms with Crippen molar-refractivity contribution in [2.45, 2.75) is 32.3 Å². The molecule has 0 atom stereocenters. The number of thiophene rings is 1. The zero-order valence-corrected chi connectivity index (χ0v) is 11.7. The number of ether oxygens (including phenoxy) is 1. The first-order chi connectivity index (χ1) is 9.56. The van der Waals surface area contributed by atoms with Gasteiger partial charge in [0.1, 0.15) is 23.9 Å². The molecule has 1 saturated carbocycles. The van der Waals surface area contributed by atoms with Gasteiger partial charge in [0.25, 0.3) is 5.56 Å². The van der Waals surface area contributed by atoms with E-state index in [1.165, 1.54) is 11.3 Å². The molecule has 2 aromatic heterocycles. The highest BCUT2D eigenvalue weighted by Crippen LogP contribution is 2.46. The highest BCUT2D eigenvalue weighted by atomic mass is 32.1. The topological polar surface area (TPSA) is 92.3 Å². The number of carboxylic acids is 1. The van der Waals surface area contributed by atoms with E-state index >= 15 is 0 Å². The van der Waals surface area contributed by atoms with Gasteiger partial charge in [-0.05, 0) is 31.2 Å². The van der Waals surface area contributed by atoms with Crippen LogP contribution in [-0.4, -0.2) is 27.7 Å². The highest BCUT2D eigenvalue weighted by Gasteiger charge is 2.30. The summed E-state index contributed by atoms with van der Waals surface area (Å²) in [5, 5.41) is 9.20. The van der Waals surface area contributed by atoms with E-state index in [-0.39, 0.29) is 12.2 Å². The van der Waals surface area contributed by atoms with E-state index < -0.39 is 12.6 Å².